The third-order valence-electron chi connectivity index (χ3n) is 3.03. The second kappa shape index (κ2) is 8.09. The largest absolute Gasteiger partial charge is 0.464 e. The molecule has 0 fully saturated rings. The minimum absolute atomic E-state index is 0.102. The summed E-state index contributed by atoms with van der Waals surface area (Å²) >= 11 is 1.12. The maximum absolute atomic E-state index is 11.5. The van der Waals surface area contributed by atoms with E-state index in [0.29, 0.717) is 23.6 Å². The number of amides is 1. The molecule has 0 aliphatic rings. The number of fused-ring (bicyclic) bond motifs is 1. The van der Waals surface area contributed by atoms with Crippen LogP contribution in [0.3, 0.4) is 0 Å². The number of nitrogens with zero attached hydrogens (tertiary/aromatic N) is 3. The van der Waals surface area contributed by atoms with E-state index in [2.05, 4.69) is 20.0 Å². The van der Waals surface area contributed by atoms with Gasteiger partial charge < -0.3 is 14.8 Å². The van der Waals surface area contributed by atoms with Crippen LogP contribution in [0, 0.1) is 5.41 Å². The lowest BCUT2D eigenvalue weighted by atomic mass is 10.2. The highest BCUT2D eigenvalue weighted by atomic mass is 32.1. The molecule has 0 aliphatic carbocycles. The second-order valence-corrected chi connectivity index (χ2v) is 7.23. The van der Waals surface area contributed by atoms with Gasteiger partial charge in [0.2, 0.25) is 0 Å². The van der Waals surface area contributed by atoms with Gasteiger partial charge in [-0.25, -0.2) is 19.6 Å². The Morgan fingerprint density at radius 3 is 2.77 bits per heavy atom. The highest BCUT2D eigenvalue weighted by Gasteiger charge is 2.15. The Kier molecular flexibility index (Phi) is 6.09. The molecule has 2 N–H and O–H groups in total. The van der Waals surface area contributed by atoms with Crippen LogP contribution in [0.15, 0.2) is 18.3 Å². The molecule has 0 unspecified atom stereocenters. The third-order valence-corrected chi connectivity index (χ3v) is 3.91. The molecular formula is C16H21N5O4S. The van der Waals surface area contributed by atoms with Crippen LogP contribution in [-0.4, -0.2) is 45.9 Å². The normalized spacial score (nSPS) is 11.7. The predicted molar refractivity (Wildman–Crippen MR) is 96.0 cm³/mol. The molecule has 140 valence electrons. The van der Waals surface area contributed by atoms with Crippen molar-refractivity contribution in [1.82, 2.24) is 19.9 Å². The minimum Gasteiger partial charge on any atom is -0.464 e. The molecule has 0 aliphatic heterocycles. The summed E-state index contributed by atoms with van der Waals surface area (Å²) in [6, 6.07) is 0. The van der Waals surface area contributed by atoms with Crippen LogP contribution in [-0.2, 0) is 16.0 Å². The zero-order valence-corrected chi connectivity index (χ0v) is 15.8. The van der Waals surface area contributed by atoms with Crippen molar-refractivity contribution in [3.05, 3.63) is 28.8 Å². The van der Waals surface area contributed by atoms with Gasteiger partial charge in [0.15, 0.2) is 21.0 Å². The van der Waals surface area contributed by atoms with Crippen molar-refractivity contribution in [2.24, 2.45) is 0 Å². The van der Waals surface area contributed by atoms with Crippen molar-refractivity contribution in [3.63, 3.8) is 0 Å². The lowest BCUT2D eigenvalue weighted by Crippen LogP contribution is -2.32. The van der Waals surface area contributed by atoms with Gasteiger partial charge in [-0.3, -0.25) is 9.98 Å². The first kappa shape index (κ1) is 19.6. The van der Waals surface area contributed by atoms with Gasteiger partial charge in [0.05, 0.1) is 13.3 Å². The summed E-state index contributed by atoms with van der Waals surface area (Å²) in [7, 11) is 1.27. The summed E-state index contributed by atoms with van der Waals surface area (Å²) in [4.78, 5) is 32.2. The SMILES string of the molecule is COC(=O)c1cnc2c(n1)sc(=N)n2CC=CCNC(=O)OC(C)(C)C. The van der Waals surface area contributed by atoms with Gasteiger partial charge in [0.1, 0.15) is 5.60 Å². The van der Waals surface area contributed by atoms with Crippen molar-refractivity contribution in [2.75, 3.05) is 13.7 Å². The zero-order valence-electron chi connectivity index (χ0n) is 15.0. The summed E-state index contributed by atoms with van der Waals surface area (Å²) in [5.74, 6) is -0.570. The first-order valence-electron chi connectivity index (χ1n) is 7.82. The number of rotatable bonds is 5. The fourth-order valence-corrected chi connectivity index (χ4v) is 2.81. The molecule has 0 saturated heterocycles. The average Bonchev–Trinajstić information content (AvgIpc) is 2.86. The van der Waals surface area contributed by atoms with E-state index in [9.17, 15) is 9.59 Å². The topological polar surface area (TPSA) is 119 Å². The molecule has 0 atom stereocenters. The average molecular weight is 379 g/mol. The van der Waals surface area contributed by atoms with Gasteiger partial charge in [0, 0.05) is 13.1 Å². The Balaban J connectivity index is 2.00. The number of carbonyl (C=O) groups excluding carboxylic acids is 2. The van der Waals surface area contributed by atoms with Crippen LogP contribution in [0.4, 0.5) is 4.79 Å². The minimum atomic E-state index is -0.570. The Morgan fingerprint density at radius 1 is 1.38 bits per heavy atom. The number of alkyl carbamates (subject to hydrolysis) is 1. The monoisotopic (exact) mass is 379 g/mol. The molecule has 2 aromatic rings. The second-order valence-electron chi connectivity index (χ2n) is 6.25. The smallest absolute Gasteiger partial charge is 0.407 e. The van der Waals surface area contributed by atoms with Crippen molar-refractivity contribution >= 4 is 33.9 Å². The Hall–Kier alpha value is -2.75. The predicted octanol–water partition coefficient (Wildman–Crippen LogP) is 1.84. The van der Waals surface area contributed by atoms with Gasteiger partial charge in [-0.15, -0.1) is 0 Å². The fraction of sp³-hybridized carbons (Fsp3) is 0.438. The lowest BCUT2D eigenvalue weighted by Gasteiger charge is -2.19. The highest BCUT2D eigenvalue weighted by Crippen LogP contribution is 2.13. The molecule has 1 amide bonds. The first-order valence-corrected chi connectivity index (χ1v) is 8.64. The Bertz CT molecular complexity index is 894. The summed E-state index contributed by atoms with van der Waals surface area (Å²) < 4.78 is 11.4. The van der Waals surface area contributed by atoms with Crippen LogP contribution in [0.1, 0.15) is 31.3 Å². The number of esters is 1. The standard InChI is InChI=1S/C16H21N5O4S/c1-16(2,3)25-15(23)18-7-5-6-8-21-11-12(26-14(21)17)20-10(9-19-11)13(22)24-4/h5-6,9,17H,7-8H2,1-4H3,(H,18,23). The number of nitrogens with one attached hydrogen (secondary N) is 2. The van der Waals surface area contributed by atoms with E-state index in [1.54, 1.807) is 37.5 Å². The van der Waals surface area contributed by atoms with E-state index in [-0.39, 0.29) is 10.5 Å². The van der Waals surface area contributed by atoms with Gasteiger partial charge in [-0.2, -0.15) is 0 Å². The van der Waals surface area contributed by atoms with Crippen LogP contribution in [0.5, 0.6) is 0 Å². The molecular weight excluding hydrogens is 358 g/mol. The summed E-state index contributed by atoms with van der Waals surface area (Å²) in [6.45, 7) is 6.08. The number of aromatic nitrogens is 3. The van der Waals surface area contributed by atoms with Crippen molar-refractivity contribution in [3.8, 4) is 0 Å². The zero-order chi connectivity index (χ0) is 19.3. The summed E-state index contributed by atoms with van der Waals surface area (Å²) in [5, 5.41) is 10.6. The number of methoxy groups -OCH3 is 1. The van der Waals surface area contributed by atoms with Crippen molar-refractivity contribution < 1.29 is 19.1 Å². The van der Waals surface area contributed by atoms with E-state index in [4.69, 9.17) is 10.1 Å². The maximum atomic E-state index is 11.5. The van der Waals surface area contributed by atoms with E-state index in [0.717, 1.165) is 11.3 Å². The van der Waals surface area contributed by atoms with Crippen molar-refractivity contribution in [1.29, 1.82) is 5.41 Å². The molecule has 0 aromatic carbocycles. The van der Waals surface area contributed by atoms with Crippen LogP contribution >= 0.6 is 11.3 Å². The van der Waals surface area contributed by atoms with E-state index >= 15 is 0 Å². The summed E-state index contributed by atoms with van der Waals surface area (Å²) in [6.07, 6.45) is 4.40. The van der Waals surface area contributed by atoms with E-state index in [1.807, 2.05) is 0 Å². The number of hydrogen-bond acceptors (Lipinski definition) is 8. The molecule has 26 heavy (non-hydrogen) atoms. The molecule has 2 heterocycles. The van der Waals surface area contributed by atoms with Crippen LogP contribution < -0.4 is 10.1 Å². The van der Waals surface area contributed by atoms with E-state index < -0.39 is 17.7 Å². The van der Waals surface area contributed by atoms with Crippen LogP contribution in [0.2, 0.25) is 0 Å². The Morgan fingerprint density at radius 2 is 2.12 bits per heavy atom. The number of allylic oxidation sites excluding steroid dienone is 1. The highest BCUT2D eigenvalue weighted by molar-refractivity contribution is 7.15. The van der Waals surface area contributed by atoms with Crippen molar-refractivity contribution in [2.45, 2.75) is 32.9 Å². The van der Waals surface area contributed by atoms with Gasteiger partial charge in [-0.1, -0.05) is 23.5 Å². The third kappa shape index (κ3) is 5.12. The van der Waals surface area contributed by atoms with E-state index in [1.165, 1.54) is 13.3 Å². The maximum Gasteiger partial charge on any atom is 0.407 e. The molecule has 2 aromatic heterocycles. The van der Waals surface area contributed by atoms with Gasteiger partial charge >= 0.3 is 12.1 Å². The van der Waals surface area contributed by atoms with Gasteiger partial charge in [0.25, 0.3) is 0 Å². The fourth-order valence-electron chi connectivity index (χ4n) is 1.95. The number of thiazole rings is 1. The Labute approximate surface area is 154 Å². The summed E-state index contributed by atoms with van der Waals surface area (Å²) in [5.41, 5.74) is 0.0732. The first-order chi connectivity index (χ1) is 12.2. The molecule has 2 rings (SSSR count). The number of hydrogen-bond donors (Lipinski definition) is 2. The molecule has 0 saturated carbocycles. The molecule has 0 spiro atoms. The number of ether oxygens (including phenoxy) is 2. The molecule has 10 heteroatoms. The molecule has 0 radical (unpaired) electrons. The quantitative estimate of drug-likeness (QED) is 0.604. The molecule has 0 bridgehead atoms. The number of carbonyl (C=O) groups is 2. The molecule has 9 nitrogen and oxygen atoms in total. The lowest BCUT2D eigenvalue weighted by molar-refractivity contribution is 0.0532. The van der Waals surface area contributed by atoms with Gasteiger partial charge in [-0.05, 0) is 20.8 Å². The van der Waals surface area contributed by atoms with Crippen LogP contribution in [0.25, 0.3) is 10.5 Å².